The fourth-order valence-electron chi connectivity index (χ4n) is 3.64. The van der Waals surface area contributed by atoms with Crippen molar-refractivity contribution in [2.75, 3.05) is 13.1 Å². The minimum absolute atomic E-state index is 0.0680. The van der Waals surface area contributed by atoms with E-state index in [2.05, 4.69) is 27.3 Å². The van der Waals surface area contributed by atoms with Gasteiger partial charge in [0.25, 0.3) is 5.91 Å². The average Bonchev–Trinajstić information content (AvgIpc) is 3.29. The first-order chi connectivity index (χ1) is 12.7. The average molecular weight is 349 g/mol. The van der Waals surface area contributed by atoms with Crippen LogP contribution < -0.4 is 5.32 Å². The van der Waals surface area contributed by atoms with Crippen LogP contribution in [0.2, 0.25) is 0 Å². The summed E-state index contributed by atoms with van der Waals surface area (Å²) >= 11 is 0. The maximum absolute atomic E-state index is 12.7. The van der Waals surface area contributed by atoms with Crippen LogP contribution in [0.15, 0.2) is 54.7 Å². The molecule has 1 aromatic heterocycles. The number of aliphatic hydroxyl groups is 1. The molecule has 1 aliphatic rings. The van der Waals surface area contributed by atoms with Gasteiger partial charge in [-0.05, 0) is 35.7 Å². The molecule has 3 aromatic rings. The Labute approximate surface area is 152 Å². The first kappa shape index (κ1) is 16.8. The highest BCUT2D eigenvalue weighted by atomic mass is 16.3. The van der Waals surface area contributed by atoms with E-state index in [9.17, 15) is 9.90 Å². The van der Waals surface area contributed by atoms with Gasteiger partial charge in [0.05, 0.1) is 6.10 Å². The fraction of sp³-hybridized carbons (Fsp3) is 0.286. The first-order valence-corrected chi connectivity index (χ1v) is 9.02. The van der Waals surface area contributed by atoms with Crippen LogP contribution in [-0.4, -0.2) is 40.1 Å². The van der Waals surface area contributed by atoms with E-state index in [1.54, 1.807) is 0 Å². The zero-order valence-electron chi connectivity index (χ0n) is 14.6. The van der Waals surface area contributed by atoms with Gasteiger partial charge in [-0.15, -0.1) is 0 Å². The van der Waals surface area contributed by atoms with E-state index in [4.69, 9.17) is 0 Å². The normalized spacial score (nSPS) is 17.7. The molecule has 1 fully saturated rings. The SMILES string of the molecule is O=C(NCc1ccccc1CN1CC[C@@H](O)C1)c1cccc2[nH]ccc12. The number of aromatic amines is 1. The van der Waals surface area contributed by atoms with Crippen molar-refractivity contribution in [2.24, 2.45) is 0 Å². The Balaban J connectivity index is 1.46. The lowest BCUT2D eigenvalue weighted by atomic mass is 10.1. The molecule has 1 atom stereocenters. The number of aromatic nitrogens is 1. The van der Waals surface area contributed by atoms with Gasteiger partial charge in [-0.3, -0.25) is 9.69 Å². The Morgan fingerprint density at radius 3 is 2.81 bits per heavy atom. The Bertz CT molecular complexity index is 918. The fourth-order valence-corrected chi connectivity index (χ4v) is 3.64. The van der Waals surface area contributed by atoms with Gasteiger partial charge in [0, 0.05) is 48.8 Å². The molecular formula is C21H23N3O2. The van der Waals surface area contributed by atoms with Gasteiger partial charge >= 0.3 is 0 Å². The quantitative estimate of drug-likeness (QED) is 0.663. The van der Waals surface area contributed by atoms with Crippen LogP contribution in [0.1, 0.15) is 27.9 Å². The number of amides is 1. The molecule has 1 aliphatic heterocycles. The van der Waals surface area contributed by atoms with Crippen molar-refractivity contribution in [3.05, 3.63) is 71.4 Å². The Morgan fingerprint density at radius 1 is 1.15 bits per heavy atom. The van der Waals surface area contributed by atoms with E-state index < -0.39 is 0 Å². The summed E-state index contributed by atoms with van der Waals surface area (Å²) in [7, 11) is 0. The number of hydrogen-bond donors (Lipinski definition) is 3. The number of benzene rings is 2. The number of β-amino-alcohol motifs (C(OH)–C–C–N with tert-alkyl or cyclic N) is 1. The second-order valence-electron chi connectivity index (χ2n) is 6.87. The van der Waals surface area contributed by atoms with Gasteiger partial charge in [-0.25, -0.2) is 0 Å². The summed E-state index contributed by atoms with van der Waals surface area (Å²) in [5, 5.41) is 13.7. The second kappa shape index (κ2) is 7.32. The summed E-state index contributed by atoms with van der Waals surface area (Å²) in [6.45, 7) is 2.93. The Hall–Kier alpha value is -2.63. The van der Waals surface area contributed by atoms with E-state index >= 15 is 0 Å². The van der Waals surface area contributed by atoms with Crippen LogP contribution in [0.25, 0.3) is 10.9 Å². The van der Waals surface area contributed by atoms with Crippen molar-refractivity contribution >= 4 is 16.8 Å². The second-order valence-corrected chi connectivity index (χ2v) is 6.87. The lowest BCUT2D eigenvalue weighted by Crippen LogP contribution is -2.25. The number of hydrogen-bond acceptors (Lipinski definition) is 3. The lowest BCUT2D eigenvalue weighted by molar-refractivity contribution is 0.0952. The van der Waals surface area contributed by atoms with Crippen LogP contribution >= 0.6 is 0 Å². The topological polar surface area (TPSA) is 68.4 Å². The molecular weight excluding hydrogens is 326 g/mol. The van der Waals surface area contributed by atoms with E-state index in [0.717, 1.165) is 42.5 Å². The van der Waals surface area contributed by atoms with E-state index in [0.29, 0.717) is 12.1 Å². The molecule has 134 valence electrons. The Morgan fingerprint density at radius 2 is 2.00 bits per heavy atom. The van der Waals surface area contributed by atoms with Crippen LogP contribution in [-0.2, 0) is 13.1 Å². The molecule has 5 heteroatoms. The maximum atomic E-state index is 12.7. The first-order valence-electron chi connectivity index (χ1n) is 9.02. The minimum Gasteiger partial charge on any atom is -0.392 e. The number of likely N-dealkylation sites (tertiary alicyclic amines) is 1. The third kappa shape index (κ3) is 3.49. The number of fused-ring (bicyclic) bond motifs is 1. The molecule has 26 heavy (non-hydrogen) atoms. The molecule has 4 rings (SSSR count). The van der Waals surface area contributed by atoms with Gasteiger partial charge in [-0.2, -0.15) is 0 Å². The molecule has 0 radical (unpaired) electrons. The van der Waals surface area contributed by atoms with Gasteiger partial charge in [0.2, 0.25) is 0 Å². The summed E-state index contributed by atoms with van der Waals surface area (Å²) in [5.74, 6) is -0.0680. The number of H-pyrrole nitrogens is 1. The van der Waals surface area contributed by atoms with Crippen LogP contribution in [0.5, 0.6) is 0 Å². The molecule has 1 amide bonds. The molecule has 2 heterocycles. The van der Waals surface area contributed by atoms with Crippen LogP contribution in [0.4, 0.5) is 0 Å². The molecule has 1 saturated heterocycles. The molecule has 0 unspecified atom stereocenters. The van der Waals surface area contributed by atoms with Crippen molar-refractivity contribution < 1.29 is 9.90 Å². The highest BCUT2D eigenvalue weighted by Crippen LogP contribution is 2.19. The molecule has 0 bridgehead atoms. The standard InChI is InChI=1S/C21H23N3O2/c25-17-9-11-24(14-17)13-16-5-2-1-4-15(16)12-23-21(26)19-6-3-7-20-18(19)8-10-22-20/h1-8,10,17,22,25H,9,11-14H2,(H,23,26)/t17-/m1/s1. The lowest BCUT2D eigenvalue weighted by Gasteiger charge is -2.18. The van der Waals surface area contributed by atoms with E-state index in [-0.39, 0.29) is 12.0 Å². The predicted molar refractivity (Wildman–Crippen MR) is 102 cm³/mol. The van der Waals surface area contributed by atoms with E-state index in [1.165, 1.54) is 5.56 Å². The van der Waals surface area contributed by atoms with Crippen molar-refractivity contribution in [3.63, 3.8) is 0 Å². The number of carbonyl (C=O) groups is 1. The molecule has 0 saturated carbocycles. The van der Waals surface area contributed by atoms with Gasteiger partial charge in [0.15, 0.2) is 0 Å². The van der Waals surface area contributed by atoms with Crippen LogP contribution in [0.3, 0.4) is 0 Å². The number of nitrogens with one attached hydrogen (secondary N) is 2. The van der Waals surface area contributed by atoms with Crippen molar-refractivity contribution in [1.82, 2.24) is 15.2 Å². The summed E-state index contributed by atoms with van der Waals surface area (Å²) in [6.07, 6.45) is 2.46. The molecule has 5 nitrogen and oxygen atoms in total. The highest BCUT2D eigenvalue weighted by molar-refractivity contribution is 6.06. The molecule has 0 aliphatic carbocycles. The number of rotatable bonds is 5. The van der Waals surface area contributed by atoms with Gasteiger partial charge < -0.3 is 15.4 Å². The summed E-state index contributed by atoms with van der Waals surface area (Å²) in [4.78, 5) is 18.1. The third-order valence-electron chi connectivity index (χ3n) is 5.04. The minimum atomic E-state index is -0.219. The monoisotopic (exact) mass is 349 g/mol. The summed E-state index contributed by atoms with van der Waals surface area (Å²) < 4.78 is 0. The third-order valence-corrected chi connectivity index (χ3v) is 5.04. The van der Waals surface area contributed by atoms with Crippen molar-refractivity contribution in [3.8, 4) is 0 Å². The highest BCUT2D eigenvalue weighted by Gasteiger charge is 2.20. The largest absolute Gasteiger partial charge is 0.392 e. The maximum Gasteiger partial charge on any atom is 0.252 e. The number of carbonyl (C=O) groups excluding carboxylic acids is 1. The summed E-state index contributed by atoms with van der Waals surface area (Å²) in [6, 6.07) is 15.8. The van der Waals surface area contributed by atoms with Crippen LogP contribution in [0, 0.1) is 0 Å². The molecule has 0 spiro atoms. The Kier molecular flexibility index (Phi) is 4.73. The van der Waals surface area contributed by atoms with E-state index in [1.807, 2.05) is 42.6 Å². The molecule has 2 aromatic carbocycles. The predicted octanol–water partition coefficient (Wildman–Crippen LogP) is 2.66. The number of nitrogens with zero attached hydrogens (tertiary/aromatic N) is 1. The van der Waals surface area contributed by atoms with Gasteiger partial charge in [0.1, 0.15) is 0 Å². The zero-order chi connectivity index (χ0) is 17.9. The van der Waals surface area contributed by atoms with Crippen molar-refractivity contribution in [2.45, 2.75) is 25.6 Å². The zero-order valence-corrected chi connectivity index (χ0v) is 14.6. The van der Waals surface area contributed by atoms with Crippen molar-refractivity contribution in [1.29, 1.82) is 0 Å². The summed E-state index contributed by atoms with van der Waals surface area (Å²) in [5.41, 5.74) is 3.96. The molecule has 3 N–H and O–H groups in total. The number of aliphatic hydroxyl groups excluding tert-OH is 1. The van der Waals surface area contributed by atoms with Gasteiger partial charge in [-0.1, -0.05) is 30.3 Å². The smallest absolute Gasteiger partial charge is 0.252 e.